The summed E-state index contributed by atoms with van der Waals surface area (Å²) in [5.41, 5.74) is 1.24. The van der Waals surface area contributed by atoms with Gasteiger partial charge in [0.25, 0.3) is 0 Å². The zero-order chi connectivity index (χ0) is 16.8. The molecule has 0 N–H and O–H groups in total. The highest BCUT2D eigenvalue weighted by Gasteiger charge is 2.13. The molecule has 0 unspecified atom stereocenters. The zero-order valence-corrected chi connectivity index (χ0v) is 14.8. The second kappa shape index (κ2) is 8.46. The Morgan fingerprint density at radius 3 is 2.71 bits per heavy atom. The molecule has 0 aliphatic carbocycles. The summed E-state index contributed by atoms with van der Waals surface area (Å²) >= 11 is 0. The number of ether oxygens (including phenoxy) is 1. The molecule has 1 saturated heterocycles. The van der Waals surface area contributed by atoms with E-state index >= 15 is 0 Å². The molecule has 6 heteroatoms. The van der Waals surface area contributed by atoms with Gasteiger partial charge in [0.2, 0.25) is 0 Å². The van der Waals surface area contributed by atoms with Crippen molar-refractivity contribution in [2.24, 2.45) is 7.05 Å². The summed E-state index contributed by atoms with van der Waals surface area (Å²) in [4.78, 5) is 4.93. The van der Waals surface area contributed by atoms with Gasteiger partial charge in [-0.25, -0.2) is 0 Å². The molecule has 0 aromatic carbocycles. The standard InChI is InChI=1S/C18H28N4O2/c1-16-4-5-18(24-16)15-22(14-17-12-19-20(2)13-17)7-3-6-21-8-10-23-11-9-21/h4-5,12-13H,3,6-11,14-15H2,1-2H3. The maximum Gasteiger partial charge on any atom is 0.118 e. The van der Waals surface area contributed by atoms with Crippen LogP contribution in [0.1, 0.15) is 23.5 Å². The van der Waals surface area contributed by atoms with Crippen LogP contribution in [0.15, 0.2) is 28.9 Å². The van der Waals surface area contributed by atoms with Gasteiger partial charge < -0.3 is 9.15 Å². The van der Waals surface area contributed by atoms with Gasteiger partial charge in [-0.15, -0.1) is 0 Å². The molecule has 2 aromatic heterocycles. The molecule has 1 aliphatic rings. The van der Waals surface area contributed by atoms with Crippen molar-refractivity contribution in [3.63, 3.8) is 0 Å². The smallest absolute Gasteiger partial charge is 0.118 e. The van der Waals surface area contributed by atoms with E-state index in [-0.39, 0.29) is 0 Å². The SMILES string of the molecule is Cc1ccc(CN(CCCN2CCOCC2)Cc2cnn(C)c2)o1. The summed E-state index contributed by atoms with van der Waals surface area (Å²) in [7, 11) is 1.96. The Labute approximate surface area is 144 Å². The van der Waals surface area contributed by atoms with Crippen molar-refractivity contribution >= 4 is 0 Å². The van der Waals surface area contributed by atoms with Gasteiger partial charge in [-0.3, -0.25) is 14.5 Å². The van der Waals surface area contributed by atoms with Crippen LogP contribution in [0.25, 0.3) is 0 Å². The predicted molar refractivity (Wildman–Crippen MR) is 92.6 cm³/mol. The summed E-state index contributed by atoms with van der Waals surface area (Å²) in [6, 6.07) is 4.11. The van der Waals surface area contributed by atoms with Crippen molar-refractivity contribution in [1.82, 2.24) is 19.6 Å². The molecule has 3 rings (SSSR count). The van der Waals surface area contributed by atoms with Gasteiger partial charge in [0, 0.05) is 45.0 Å². The lowest BCUT2D eigenvalue weighted by Crippen LogP contribution is -2.38. The predicted octanol–water partition coefficient (Wildman–Crippen LogP) is 2.05. The summed E-state index contributed by atoms with van der Waals surface area (Å²) in [6.45, 7) is 9.75. The fraction of sp³-hybridized carbons (Fsp3) is 0.611. The number of morpholine rings is 1. The minimum Gasteiger partial charge on any atom is -0.465 e. The molecule has 1 aliphatic heterocycles. The molecule has 2 aromatic rings. The quantitative estimate of drug-likeness (QED) is 0.740. The van der Waals surface area contributed by atoms with Crippen LogP contribution in [0.2, 0.25) is 0 Å². The Bertz CT molecular complexity index is 574. The average molecular weight is 332 g/mol. The van der Waals surface area contributed by atoms with E-state index in [1.807, 2.05) is 30.9 Å². The van der Waals surface area contributed by atoms with Gasteiger partial charge >= 0.3 is 0 Å². The molecular weight excluding hydrogens is 304 g/mol. The number of furan rings is 1. The molecule has 0 radical (unpaired) electrons. The van der Waals surface area contributed by atoms with Gasteiger partial charge in [-0.1, -0.05) is 0 Å². The highest BCUT2D eigenvalue weighted by atomic mass is 16.5. The van der Waals surface area contributed by atoms with E-state index in [0.717, 1.165) is 70.4 Å². The first-order chi connectivity index (χ1) is 11.7. The third-order valence-electron chi connectivity index (χ3n) is 4.39. The summed E-state index contributed by atoms with van der Waals surface area (Å²) in [5, 5.41) is 4.28. The van der Waals surface area contributed by atoms with E-state index in [1.54, 1.807) is 0 Å². The average Bonchev–Trinajstić information content (AvgIpc) is 3.16. The number of hydrogen-bond donors (Lipinski definition) is 0. The lowest BCUT2D eigenvalue weighted by atomic mass is 10.2. The Balaban J connectivity index is 1.53. The van der Waals surface area contributed by atoms with Gasteiger partial charge in [-0.05, 0) is 32.0 Å². The fourth-order valence-electron chi connectivity index (χ4n) is 3.16. The van der Waals surface area contributed by atoms with Crippen LogP contribution in [0.3, 0.4) is 0 Å². The molecule has 1 fully saturated rings. The molecule has 132 valence electrons. The molecule has 0 amide bonds. The summed E-state index contributed by atoms with van der Waals surface area (Å²) in [5.74, 6) is 2.00. The maximum absolute atomic E-state index is 5.76. The van der Waals surface area contributed by atoms with Crippen LogP contribution >= 0.6 is 0 Å². The maximum atomic E-state index is 5.76. The van der Waals surface area contributed by atoms with Crippen LogP contribution in [-0.2, 0) is 24.9 Å². The number of nitrogens with zero attached hydrogens (tertiary/aromatic N) is 4. The first kappa shape index (κ1) is 17.2. The molecular formula is C18H28N4O2. The van der Waals surface area contributed by atoms with Gasteiger partial charge in [-0.2, -0.15) is 5.10 Å². The van der Waals surface area contributed by atoms with E-state index in [2.05, 4.69) is 27.2 Å². The fourth-order valence-corrected chi connectivity index (χ4v) is 3.16. The number of aromatic nitrogens is 2. The van der Waals surface area contributed by atoms with Crippen molar-refractivity contribution < 1.29 is 9.15 Å². The van der Waals surface area contributed by atoms with Crippen molar-refractivity contribution in [3.8, 4) is 0 Å². The second-order valence-corrected chi connectivity index (χ2v) is 6.55. The molecule has 3 heterocycles. The van der Waals surface area contributed by atoms with E-state index in [1.165, 1.54) is 5.56 Å². The third kappa shape index (κ3) is 5.19. The molecule has 24 heavy (non-hydrogen) atoms. The minimum absolute atomic E-state index is 0.839. The van der Waals surface area contributed by atoms with Crippen molar-refractivity contribution in [2.45, 2.75) is 26.4 Å². The highest BCUT2D eigenvalue weighted by Crippen LogP contribution is 2.13. The lowest BCUT2D eigenvalue weighted by Gasteiger charge is -2.28. The molecule has 0 spiro atoms. The van der Waals surface area contributed by atoms with Crippen LogP contribution in [-0.4, -0.2) is 59.0 Å². The topological polar surface area (TPSA) is 46.7 Å². The first-order valence-corrected chi connectivity index (χ1v) is 8.74. The Morgan fingerprint density at radius 2 is 2.04 bits per heavy atom. The van der Waals surface area contributed by atoms with Crippen LogP contribution < -0.4 is 0 Å². The van der Waals surface area contributed by atoms with Gasteiger partial charge in [0.05, 0.1) is 26.0 Å². The Kier molecular flexibility index (Phi) is 6.07. The van der Waals surface area contributed by atoms with Crippen LogP contribution in [0.5, 0.6) is 0 Å². The van der Waals surface area contributed by atoms with Crippen molar-refractivity contribution in [2.75, 3.05) is 39.4 Å². The van der Waals surface area contributed by atoms with E-state index < -0.39 is 0 Å². The summed E-state index contributed by atoms with van der Waals surface area (Å²) < 4.78 is 13.0. The number of hydrogen-bond acceptors (Lipinski definition) is 5. The van der Waals surface area contributed by atoms with Crippen molar-refractivity contribution in [1.29, 1.82) is 0 Å². The first-order valence-electron chi connectivity index (χ1n) is 8.74. The molecule has 0 saturated carbocycles. The summed E-state index contributed by atoms with van der Waals surface area (Å²) in [6.07, 6.45) is 5.19. The molecule has 0 atom stereocenters. The number of aryl methyl sites for hydroxylation is 2. The molecule has 6 nitrogen and oxygen atoms in total. The minimum atomic E-state index is 0.839. The van der Waals surface area contributed by atoms with Gasteiger partial charge in [0.15, 0.2) is 0 Å². The monoisotopic (exact) mass is 332 g/mol. The van der Waals surface area contributed by atoms with Crippen LogP contribution in [0.4, 0.5) is 0 Å². The zero-order valence-electron chi connectivity index (χ0n) is 14.8. The van der Waals surface area contributed by atoms with Crippen LogP contribution in [0, 0.1) is 6.92 Å². The van der Waals surface area contributed by atoms with Gasteiger partial charge in [0.1, 0.15) is 11.5 Å². The van der Waals surface area contributed by atoms with E-state index in [4.69, 9.17) is 9.15 Å². The van der Waals surface area contributed by atoms with E-state index in [0.29, 0.717) is 0 Å². The Hall–Kier alpha value is -1.63. The third-order valence-corrected chi connectivity index (χ3v) is 4.39. The highest BCUT2D eigenvalue weighted by molar-refractivity contribution is 5.07. The van der Waals surface area contributed by atoms with E-state index in [9.17, 15) is 0 Å². The molecule has 0 bridgehead atoms. The Morgan fingerprint density at radius 1 is 1.21 bits per heavy atom. The second-order valence-electron chi connectivity index (χ2n) is 6.55. The normalized spacial score (nSPS) is 16.1. The van der Waals surface area contributed by atoms with Crippen molar-refractivity contribution in [3.05, 3.63) is 41.6 Å². The largest absolute Gasteiger partial charge is 0.465 e. The lowest BCUT2D eigenvalue weighted by molar-refractivity contribution is 0.0358. The number of rotatable bonds is 8.